The molecule has 1 unspecified atom stereocenters. The first kappa shape index (κ1) is 24.6. The summed E-state index contributed by atoms with van der Waals surface area (Å²) in [5.74, 6) is -0.392. The molecule has 0 aliphatic heterocycles. The Hall–Kier alpha value is -3.53. The topological polar surface area (TPSA) is 70.7 Å². The number of benzene rings is 3. The second-order valence-corrected chi connectivity index (χ2v) is 11.5. The fraction of sp³-hybridized carbons (Fsp3) is 0.323. The Bertz CT molecular complexity index is 1430. The van der Waals surface area contributed by atoms with Crippen LogP contribution in [0.15, 0.2) is 69.9 Å². The first-order valence-electron chi connectivity index (χ1n) is 12.0. The van der Waals surface area contributed by atoms with Crippen LogP contribution < -0.4 is 5.63 Å². The minimum absolute atomic E-state index is 0.0777. The highest BCUT2D eigenvalue weighted by Gasteiger charge is 2.32. The zero-order valence-electron chi connectivity index (χ0n) is 21.6. The van der Waals surface area contributed by atoms with Gasteiger partial charge in [0.1, 0.15) is 17.1 Å². The van der Waals surface area contributed by atoms with Crippen molar-refractivity contribution in [3.8, 4) is 11.5 Å². The minimum Gasteiger partial charge on any atom is -0.507 e. The van der Waals surface area contributed by atoms with Crippen molar-refractivity contribution in [1.29, 1.82) is 0 Å². The summed E-state index contributed by atoms with van der Waals surface area (Å²) in [6.07, 6.45) is 0. The lowest BCUT2D eigenvalue weighted by Crippen LogP contribution is -2.21. The summed E-state index contributed by atoms with van der Waals surface area (Å²) < 4.78 is 5.68. The van der Waals surface area contributed by atoms with Gasteiger partial charge in [0.2, 0.25) is 0 Å². The van der Waals surface area contributed by atoms with Gasteiger partial charge in [-0.25, -0.2) is 4.79 Å². The number of hydrogen-bond donors (Lipinski definition) is 2. The highest BCUT2D eigenvalue weighted by atomic mass is 16.4. The zero-order chi connectivity index (χ0) is 25.7. The van der Waals surface area contributed by atoms with Gasteiger partial charge < -0.3 is 14.6 Å². The van der Waals surface area contributed by atoms with Crippen molar-refractivity contribution in [3.63, 3.8) is 0 Å². The summed E-state index contributed by atoms with van der Waals surface area (Å²) in [4.78, 5) is 13.4. The molecule has 0 amide bonds. The summed E-state index contributed by atoms with van der Waals surface area (Å²) in [5, 5.41) is 23.2. The fourth-order valence-electron chi connectivity index (χ4n) is 4.74. The molecule has 1 aromatic heterocycles. The molecule has 4 heteroatoms. The third-order valence-electron chi connectivity index (χ3n) is 6.57. The minimum atomic E-state index is -0.585. The molecule has 1 heterocycles. The maximum Gasteiger partial charge on any atom is 0.344 e. The van der Waals surface area contributed by atoms with Gasteiger partial charge in [-0.15, -0.1) is 0 Å². The van der Waals surface area contributed by atoms with E-state index in [2.05, 4.69) is 41.5 Å². The molecular weight excluding hydrogens is 436 g/mol. The number of fused-ring (bicyclic) bond motifs is 1. The molecule has 0 spiro atoms. The third-order valence-corrected chi connectivity index (χ3v) is 6.57. The third kappa shape index (κ3) is 4.58. The molecule has 4 rings (SSSR count). The van der Waals surface area contributed by atoms with E-state index in [-0.39, 0.29) is 27.9 Å². The van der Waals surface area contributed by atoms with E-state index >= 15 is 0 Å². The Labute approximate surface area is 206 Å². The van der Waals surface area contributed by atoms with Crippen molar-refractivity contribution in [2.45, 2.75) is 65.2 Å². The van der Waals surface area contributed by atoms with Gasteiger partial charge in [0, 0.05) is 5.92 Å². The second-order valence-electron chi connectivity index (χ2n) is 11.5. The van der Waals surface area contributed by atoms with E-state index in [0.717, 1.165) is 27.8 Å². The van der Waals surface area contributed by atoms with Crippen LogP contribution in [-0.4, -0.2) is 10.2 Å². The Morgan fingerprint density at radius 3 is 1.91 bits per heavy atom. The van der Waals surface area contributed by atoms with Crippen LogP contribution in [0.4, 0.5) is 0 Å². The Balaban J connectivity index is 2.14. The SMILES string of the molecule is Cc1cccc(C(c2cc(C(C)(C)C)c(O)c(C(C)(C)C)c2)c2c(O)c3ccccc3oc2=O)c1. The van der Waals surface area contributed by atoms with Crippen molar-refractivity contribution in [1.82, 2.24) is 0 Å². The lowest BCUT2D eigenvalue weighted by atomic mass is 9.75. The highest BCUT2D eigenvalue weighted by molar-refractivity contribution is 5.84. The number of hydrogen-bond acceptors (Lipinski definition) is 4. The van der Waals surface area contributed by atoms with Crippen LogP contribution in [0.25, 0.3) is 11.0 Å². The van der Waals surface area contributed by atoms with Crippen LogP contribution in [0.5, 0.6) is 11.5 Å². The Morgan fingerprint density at radius 1 is 0.743 bits per heavy atom. The molecule has 4 aromatic rings. The van der Waals surface area contributed by atoms with Gasteiger partial charge in [-0.2, -0.15) is 0 Å². The predicted molar refractivity (Wildman–Crippen MR) is 142 cm³/mol. The molecule has 0 saturated carbocycles. The predicted octanol–water partition coefficient (Wildman–Crippen LogP) is 7.29. The highest BCUT2D eigenvalue weighted by Crippen LogP contribution is 2.45. The van der Waals surface area contributed by atoms with E-state index in [4.69, 9.17) is 4.42 Å². The van der Waals surface area contributed by atoms with E-state index < -0.39 is 11.5 Å². The van der Waals surface area contributed by atoms with Crippen molar-refractivity contribution < 1.29 is 14.6 Å². The molecule has 0 saturated heterocycles. The van der Waals surface area contributed by atoms with E-state index in [1.165, 1.54) is 0 Å². The molecule has 0 fully saturated rings. The average molecular weight is 471 g/mol. The molecule has 1 atom stereocenters. The molecule has 2 N–H and O–H groups in total. The van der Waals surface area contributed by atoms with Gasteiger partial charge in [0.05, 0.1) is 10.9 Å². The van der Waals surface area contributed by atoms with Crippen molar-refractivity contribution >= 4 is 11.0 Å². The quantitative estimate of drug-likeness (QED) is 0.309. The number of aryl methyl sites for hydroxylation is 1. The zero-order valence-corrected chi connectivity index (χ0v) is 21.6. The van der Waals surface area contributed by atoms with Crippen LogP contribution in [-0.2, 0) is 10.8 Å². The summed E-state index contributed by atoms with van der Waals surface area (Å²) >= 11 is 0. The number of rotatable bonds is 3. The summed E-state index contributed by atoms with van der Waals surface area (Å²) in [7, 11) is 0. The lowest BCUT2D eigenvalue weighted by molar-refractivity contribution is 0.422. The van der Waals surface area contributed by atoms with Crippen LogP contribution in [0.2, 0.25) is 0 Å². The van der Waals surface area contributed by atoms with E-state index in [9.17, 15) is 15.0 Å². The van der Waals surface area contributed by atoms with Gasteiger partial charge in [-0.3, -0.25) is 0 Å². The second kappa shape index (κ2) is 8.60. The first-order chi connectivity index (χ1) is 16.3. The Kier molecular flexibility index (Phi) is 6.04. The average Bonchev–Trinajstić information content (AvgIpc) is 2.75. The largest absolute Gasteiger partial charge is 0.507 e. The molecule has 0 radical (unpaired) electrons. The van der Waals surface area contributed by atoms with Crippen LogP contribution >= 0.6 is 0 Å². The number of aromatic hydroxyl groups is 2. The van der Waals surface area contributed by atoms with Crippen molar-refractivity contribution in [3.05, 3.63) is 104 Å². The van der Waals surface area contributed by atoms with Crippen molar-refractivity contribution in [2.24, 2.45) is 0 Å². The normalized spacial score (nSPS) is 13.2. The summed E-state index contributed by atoms with van der Waals surface area (Å²) in [5.41, 5.74) is 3.61. The lowest BCUT2D eigenvalue weighted by Gasteiger charge is -2.30. The number of phenols is 1. The molecule has 182 valence electrons. The monoisotopic (exact) mass is 470 g/mol. The van der Waals surface area contributed by atoms with Crippen molar-refractivity contribution in [2.75, 3.05) is 0 Å². The van der Waals surface area contributed by atoms with Crippen LogP contribution in [0.3, 0.4) is 0 Å². The number of phenolic OH excluding ortho intramolecular Hbond substituents is 1. The smallest absolute Gasteiger partial charge is 0.344 e. The van der Waals surface area contributed by atoms with Gasteiger partial charge in [0.15, 0.2) is 0 Å². The maximum absolute atomic E-state index is 13.4. The molecule has 4 nitrogen and oxygen atoms in total. The summed E-state index contributed by atoms with van der Waals surface area (Å²) in [6.45, 7) is 14.3. The van der Waals surface area contributed by atoms with E-state index in [1.807, 2.05) is 49.4 Å². The van der Waals surface area contributed by atoms with E-state index in [0.29, 0.717) is 11.0 Å². The number of para-hydroxylation sites is 1. The first-order valence-corrected chi connectivity index (χ1v) is 12.0. The molecule has 0 aliphatic rings. The molecular formula is C31H34O4. The molecule has 3 aromatic carbocycles. The van der Waals surface area contributed by atoms with Gasteiger partial charge in [0.25, 0.3) is 0 Å². The molecule has 0 aliphatic carbocycles. The Morgan fingerprint density at radius 2 is 1.34 bits per heavy atom. The van der Waals surface area contributed by atoms with Gasteiger partial charge >= 0.3 is 5.63 Å². The summed E-state index contributed by atoms with van der Waals surface area (Å²) in [6, 6.07) is 18.9. The molecule has 0 bridgehead atoms. The van der Waals surface area contributed by atoms with Gasteiger partial charge in [-0.1, -0.05) is 95.6 Å². The molecule has 35 heavy (non-hydrogen) atoms. The van der Waals surface area contributed by atoms with Gasteiger partial charge in [-0.05, 0) is 52.1 Å². The standard InChI is InChI=1S/C31H34O4/c1-18-11-10-12-19(15-18)25(26-27(32)21-13-8-9-14-24(21)35-29(26)34)20-16-22(30(2,3)4)28(33)23(17-20)31(5,6)7/h8-17,25,32-33H,1-7H3. The van der Waals surface area contributed by atoms with E-state index in [1.54, 1.807) is 18.2 Å². The van der Waals surface area contributed by atoms with Crippen LogP contribution in [0, 0.1) is 6.92 Å². The maximum atomic E-state index is 13.4. The van der Waals surface area contributed by atoms with Crippen LogP contribution in [0.1, 0.15) is 80.8 Å². The fourth-order valence-corrected chi connectivity index (χ4v) is 4.74.